The maximum absolute atomic E-state index is 13.2. The van der Waals surface area contributed by atoms with Crippen LogP contribution < -0.4 is 0 Å². The predicted molar refractivity (Wildman–Crippen MR) is 90.3 cm³/mol. The first-order valence-electron chi connectivity index (χ1n) is 7.72. The minimum Gasteiger partial charge on any atom is -0.468 e. The Morgan fingerprint density at radius 3 is 2.60 bits per heavy atom. The summed E-state index contributed by atoms with van der Waals surface area (Å²) in [6, 6.07) is 8.56. The van der Waals surface area contributed by atoms with Gasteiger partial charge in [-0.25, -0.2) is 25.5 Å². The molecule has 1 aromatic carbocycles. The van der Waals surface area contributed by atoms with Crippen molar-refractivity contribution in [2.45, 2.75) is 23.2 Å². The molecular weight excluding hydrogens is 369 g/mol. The fraction of sp³-hybridized carbons (Fsp3) is 0.375. The highest BCUT2D eigenvalue weighted by Gasteiger charge is 2.38. The molecule has 0 amide bonds. The molecule has 2 heterocycles. The van der Waals surface area contributed by atoms with Crippen LogP contribution in [0.4, 0.5) is 4.39 Å². The summed E-state index contributed by atoms with van der Waals surface area (Å²) in [6.07, 6.45) is 1.64. The van der Waals surface area contributed by atoms with Crippen LogP contribution >= 0.6 is 0 Å². The van der Waals surface area contributed by atoms with Crippen molar-refractivity contribution in [2.24, 2.45) is 0 Å². The minimum atomic E-state index is -3.71. The van der Waals surface area contributed by atoms with E-state index in [-0.39, 0.29) is 31.0 Å². The molecule has 2 aromatic rings. The Kier molecular flexibility index (Phi) is 4.99. The van der Waals surface area contributed by atoms with Crippen molar-refractivity contribution in [2.75, 3.05) is 13.1 Å². The lowest BCUT2D eigenvalue weighted by Crippen LogP contribution is -2.33. The van der Waals surface area contributed by atoms with Crippen molar-refractivity contribution < 1.29 is 25.6 Å². The van der Waals surface area contributed by atoms with Gasteiger partial charge in [-0.15, -0.1) is 0 Å². The van der Waals surface area contributed by atoms with Gasteiger partial charge in [0.05, 0.1) is 17.3 Å². The van der Waals surface area contributed by atoms with E-state index in [2.05, 4.69) is 0 Å². The molecule has 0 aliphatic carbocycles. The van der Waals surface area contributed by atoms with Crippen molar-refractivity contribution in [3.05, 3.63) is 59.8 Å². The summed E-state index contributed by atoms with van der Waals surface area (Å²) in [7, 11) is -7.22. The molecule has 1 atom stereocenters. The van der Waals surface area contributed by atoms with E-state index in [4.69, 9.17) is 4.42 Å². The lowest BCUT2D eigenvalue weighted by atomic mass is 10.2. The maximum Gasteiger partial charge on any atom is 0.218 e. The molecule has 0 unspecified atom stereocenters. The zero-order valence-electron chi connectivity index (χ0n) is 13.3. The smallest absolute Gasteiger partial charge is 0.218 e. The van der Waals surface area contributed by atoms with Crippen molar-refractivity contribution in [1.82, 2.24) is 4.31 Å². The van der Waals surface area contributed by atoms with Gasteiger partial charge in [0.1, 0.15) is 17.3 Å². The van der Waals surface area contributed by atoms with Crippen LogP contribution in [0.5, 0.6) is 0 Å². The number of furan rings is 1. The van der Waals surface area contributed by atoms with Crippen molar-refractivity contribution >= 4 is 19.9 Å². The first-order chi connectivity index (χ1) is 11.8. The number of benzene rings is 1. The Hall–Kier alpha value is -1.71. The zero-order valence-corrected chi connectivity index (χ0v) is 15.0. The molecule has 1 aromatic heterocycles. The molecule has 3 rings (SSSR count). The first-order valence-corrected chi connectivity index (χ1v) is 11.0. The van der Waals surface area contributed by atoms with E-state index in [9.17, 15) is 21.2 Å². The van der Waals surface area contributed by atoms with Gasteiger partial charge in [-0.1, -0.05) is 12.1 Å². The van der Waals surface area contributed by atoms with Crippen molar-refractivity contribution in [3.8, 4) is 0 Å². The Balaban J connectivity index is 1.69. The number of sulfone groups is 1. The highest BCUT2D eigenvalue weighted by Crippen LogP contribution is 2.24. The van der Waals surface area contributed by atoms with Gasteiger partial charge in [0.25, 0.3) is 0 Å². The molecule has 136 valence electrons. The van der Waals surface area contributed by atoms with Crippen LogP contribution in [0.3, 0.4) is 0 Å². The summed E-state index contributed by atoms with van der Waals surface area (Å²) in [6.45, 7) is 0.0559. The molecule has 1 aliphatic rings. The molecule has 0 radical (unpaired) electrons. The molecule has 0 spiro atoms. The molecule has 25 heavy (non-hydrogen) atoms. The number of hydrogen-bond donors (Lipinski definition) is 0. The van der Waals surface area contributed by atoms with Gasteiger partial charge in [-0.3, -0.25) is 0 Å². The van der Waals surface area contributed by atoms with Crippen LogP contribution in [0.25, 0.3) is 0 Å². The summed E-state index contributed by atoms with van der Waals surface area (Å²) in [5, 5.41) is -0.764. The fourth-order valence-electron chi connectivity index (χ4n) is 2.88. The van der Waals surface area contributed by atoms with E-state index in [1.165, 1.54) is 34.8 Å². The van der Waals surface area contributed by atoms with E-state index in [1.807, 2.05) is 0 Å². The summed E-state index contributed by atoms with van der Waals surface area (Å²) in [5.41, 5.74) is 0.335. The lowest BCUT2D eigenvalue weighted by Gasteiger charge is -2.16. The fourth-order valence-corrected chi connectivity index (χ4v) is 6.22. The summed E-state index contributed by atoms with van der Waals surface area (Å²) >= 11 is 0. The van der Waals surface area contributed by atoms with Gasteiger partial charge in [-0.2, -0.15) is 0 Å². The van der Waals surface area contributed by atoms with Crippen molar-refractivity contribution in [1.29, 1.82) is 0 Å². The van der Waals surface area contributed by atoms with E-state index in [0.29, 0.717) is 11.3 Å². The molecule has 9 heteroatoms. The number of nitrogens with zero attached hydrogens (tertiary/aromatic N) is 1. The first kappa shape index (κ1) is 18.1. The second-order valence-electron chi connectivity index (χ2n) is 6.04. The maximum atomic E-state index is 13.2. The third-order valence-electron chi connectivity index (χ3n) is 4.17. The van der Waals surface area contributed by atoms with Gasteiger partial charge in [-0.05, 0) is 36.2 Å². The quantitative estimate of drug-likeness (QED) is 0.756. The second kappa shape index (κ2) is 6.89. The Labute approximate surface area is 146 Å². The third-order valence-corrected chi connectivity index (χ3v) is 8.07. The van der Waals surface area contributed by atoms with Crippen LogP contribution in [0.2, 0.25) is 0 Å². The Bertz CT molecular complexity index is 939. The van der Waals surface area contributed by atoms with Gasteiger partial charge in [0.2, 0.25) is 10.0 Å². The van der Waals surface area contributed by atoms with E-state index in [0.717, 1.165) is 0 Å². The summed E-state index contributed by atoms with van der Waals surface area (Å²) in [4.78, 5) is 0. The highest BCUT2D eigenvalue weighted by molar-refractivity contribution is 7.91. The van der Waals surface area contributed by atoms with Gasteiger partial charge in [0.15, 0.2) is 9.84 Å². The molecule has 1 fully saturated rings. The second-order valence-corrected chi connectivity index (χ2v) is 10.3. The lowest BCUT2D eigenvalue weighted by molar-refractivity contribution is 0.475. The minimum absolute atomic E-state index is 0.0826. The van der Waals surface area contributed by atoms with E-state index in [1.54, 1.807) is 12.1 Å². The van der Waals surface area contributed by atoms with Crippen LogP contribution in [0.1, 0.15) is 17.7 Å². The average molecular weight is 387 g/mol. The van der Waals surface area contributed by atoms with Crippen LogP contribution in [0.15, 0.2) is 47.1 Å². The van der Waals surface area contributed by atoms with Gasteiger partial charge in [0, 0.05) is 13.1 Å². The van der Waals surface area contributed by atoms with Crippen LogP contribution in [0, 0.1) is 5.82 Å². The standard InChI is InChI=1S/C16H18FNO5S2/c17-14-4-1-3-13(9-14)11-25(21,22)18-7-6-16(10-18)24(19,20)12-15-5-2-8-23-15/h1-5,8-9,16H,6-7,10-12H2/t16-/m0/s1. The number of halogens is 1. The molecule has 0 saturated carbocycles. The Morgan fingerprint density at radius 1 is 1.12 bits per heavy atom. The number of rotatable bonds is 6. The van der Waals surface area contributed by atoms with Gasteiger partial charge >= 0.3 is 0 Å². The monoisotopic (exact) mass is 387 g/mol. The van der Waals surface area contributed by atoms with Gasteiger partial charge < -0.3 is 4.42 Å². The van der Waals surface area contributed by atoms with Crippen LogP contribution in [-0.2, 0) is 31.4 Å². The molecule has 1 saturated heterocycles. The highest BCUT2D eigenvalue weighted by atomic mass is 32.2. The third kappa shape index (κ3) is 4.28. The number of sulfonamides is 1. The largest absolute Gasteiger partial charge is 0.468 e. The predicted octanol–water partition coefficient (Wildman–Crippen LogP) is 1.94. The SMILES string of the molecule is O=S(=O)(Cc1ccco1)[C@H]1CCN(S(=O)(=O)Cc2cccc(F)c2)C1. The molecule has 0 N–H and O–H groups in total. The molecule has 0 bridgehead atoms. The average Bonchev–Trinajstić information content (AvgIpc) is 3.17. The topological polar surface area (TPSA) is 84.7 Å². The Morgan fingerprint density at radius 2 is 1.92 bits per heavy atom. The normalized spacial score (nSPS) is 19.3. The molecule has 1 aliphatic heterocycles. The molecular formula is C16H18FNO5S2. The summed E-state index contributed by atoms with van der Waals surface area (Å²) in [5.74, 6) is -0.771. The zero-order chi connectivity index (χ0) is 18.1. The van der Waals surface area contributed by atoms with Crippen LogP contribution in [-0.4, -0.2) is 39.5 Å². The number of hydrogen-bond acceptors (Lipinski definition) is 5. The van der Waals surface area contributed by atoms with E-state index < -0.39 is 30.9 Å². The van der Waals surface area contributed by atoms with E-state index >= 15 is 0 Å². The van der Waals surface area contributed by atoms with Crippen molar-refractivity contribution in [3.63, 3.8) is 0 Å². The molecule has 6 nitrogen and oxygen atoms in total. The summed E-state index contributed by atoms with van der Waals surface area (Å²) < 4.78 is 69.3.